The molecule has 0 aliphatic rings. The van der Waals surface area contributed by atoms with Crippen LogP contribution in [-0.2, 0) is 13.0 Å². The predicted molar refractivity (Wildman–Crippen MR) is 70.5 cm³/mol. The van der Waals surface area contributed by atoms with Gasteiger partial charge in [0, 0.05) is 23.6 Å². The molecule has 5 nitrogen and oxygen atoms in total. The van der Waals surface area contributed by atoms with Gasteiger partial charge in [0.05, 0.1) is 0 Å². The molecule has 1 heterocycles. The van der Waals surface area contributed by atoms with Crippen LogP contribution >= 0.6 is 0 Å². The number of aromatic nitrogens is 1. The maximum absolute atomic E-state index is 12.9. The molecule has 0 unspecified atom stereocenters. The second kappa shape index (κ2) is 6.60. The van der Waals surface area contributed by atoms with Gasteiger partial charge in [-0.25, -0.2) is 9.37 Å². The van der Waals surface area contributed by atoms with E-state index in [-0.39, 0.29) is 24.0 Å². The van der Waals surface area contributed by atoms with Crippen molar-refractivity contribution in [2.24, 2.45) is 0 Å². The lowest BCUT2D eigenvalue weighted by atomic mass is 10.1. The number of halogens is 1. The van der Waals surface area contributed by atoms with E-state index < -0.39 is 5.82 Å². The molecule has 6 heteroatoms. The fourth-order valence-electron chi connectivity index (χ4n) is 1.64. The summed E-state index contributed by atoms with van der Waals surface area (Å²) in [5.74, 6) is -0.174. The number of benzene rings is 1. The Labute approximate surface area is 115 Å². The summed E-state index contributed by atoms with van der Waals surface area (Å²) in [4.78, 5) is 13.8. The summed E-state index contributed by atoms with van der Waals surface area (Å²) in [6, 6.07) is 9.76. The van der Waals surface area contributed by atoms with Crippen LogP contribution in [-0.4, -0.2) is 16.5 Å². The molecule has 0 saturated carbocycles. The zero-order valence-electron chi connectivity index (χ0n) is 10.7. The van der Waals surface area contributed by atoms with Crippen LogP contribution in [0.5, 0.6) is 5.88 Å². The first-order valence-electron chi connectivity index (χ1n) is 6.07. The van der Waals surface area contributed by atoms with E-state index >= 15 is 0 Å². The van der Waals surface area contributed by atoms with E-state index in [2.05, 4.69) is 4.98 Å². The SMILES string of the molecule is O=[N+]([O-])CCc1ccc(COc2cc(F)ccn2)cc1. The standard InChI is InChI=1S/C14H13FN2O3/c15-13-5-7-16-14(9-13)20-10-12-3-1-11(2-4-12)6-8-17(18)19/h1-5,7,9H,6,8,10H2. The molecule has 0 bridgehead atoms. The van der Waals surface area contributed by atoms with E-state index in [0.29, 0.717) is 6.42 Å². The molecule has 2 rings (SSSR count). The summed E-state index contributed by atoms with van der Waals surface area (Å²) >= 11 is 0. The molecule has 20 heavy (non-hydrogen) atoms. The molecule has 0 radical (unpaired) electrons. The number of hydrogen-bond donors (Lipinski definition) is 0. The van der Waals surface area contributed by atoms with Gasteiger partial charge >= 0.3 is 0 Å². The van der Waals surface area contributed by atoms with Crippen molar-refractivity contribution in [1.82, 2.24) is 4.98 Å². The second-order valence-corrected chi connectivity index (χ2v) is 4.22. The zero-order chi connectivity index (χ0) is 14.4. The van der Waals surface area contributed by atoms with Crippen molar-refractivity contribution in [3.63, 3.8) is 0 Å². The molecule has 0 fully saturated rings. The molecule has 0 saturated heterocycles. The Hall–Kier alpha value is -2.50. The summed E-state index contributed by atoms with van der Waals surface area (Å²) in [6.07, 6.45) is 1.74. The van der Waals surface area contributed by atoms with Gasteiger partial charge in [-0.3, -0.25) is 10.1 Å². The highest BCUT2D eigenvalue weighted by Gasteiger charge is 2.02. The maximum atomic E-state index is 12.9. The Bertz CT molecular complexity index is 587. The number of hydrogen-bond acceptors (Lipinski definition) is 4. The van der Waals surface area contributed by atoms with Crippen molar-refractivity contribution in [1.29, 1.82) is 0 Å². The topological polar surface area (TPSA) is 65.3 Å². The number of pyridine rings is 1. The molecule has 104 valence electrons. The third-order valence-corrected chi connectivity index (χ3v) is 2.69. The molecular weight excluding hydrogens is 263 g/mol. The number of rotatable bonds is 6. The van der Waals surface area contributed by atoms with Crippen LogP contribution in [0.4, 0.5) is 4.39 Å². The smallest absolute Gasteiger partial charge is 0.216 e. The highest BCUT2D eigenvalue weighted by atomic mass is 19.1. The lowest BCUT2D eigenvalue weighted by Crippen LogP contribution is -2.04. The third-order valence-electron chi connectivity index (χ3n) is 2.69. The van der Waals surface area contributed by atoms with Gasteiger partial charge in [0.2, 0.25) is 12.4 Å². The van der Waals surface area contributed by atoms with Crippen LogP contribution < -0.4 is 4.74 Å². The van der Waals surface area contributed by atoms with Gasteiger partial charge in [0.25, 0.3) is 0 Å². The van der Waals surface area contributed by atoms with Gasteiger partial charge < -0.3 is 4.74 Å². The first kappa shape index (κ1) is 13.9. The van der Waals surface area contributed by atoms with Crippen LogP contribution in [0, 0.1) is 15.9 Å². The Morgan fingerprint density at radius 3 is 2.55 bits per heavy atom. The number of nitro groups is 1. The Balaban J connectivity index is 1.89. The second-order valence-electron chi connectivity index (χ2n) is 4.22. The monoisotopic (exact) mass is 276 g/mol. The Morgan fingerprint density at radius 1 is 1.20 bits per heavy atom. The molecule has 1 aromatic carbocycles. The lowest BCUT2D eigenvalue weighted by molar-refractivity contribution is -0.479. The van der Waals surface area contributed by atoms with Crippen LogP contribution in [0.15, 0.2) is 42.6 Å². The van der Waals surface area contributed by atoms with E-state index in [1.807, 2.05) is 24.3 Å². The maximum Gasteiger partial charge on any atom is 0.216 e. The molecule has 1 aromatic heterocycles. The molecular formula is C14H13FN2O3. The lowest BCUT2D eigenvalue weighted by Gasteiger charge is -2.06. The average molecular weight is 276 g/mol. The van der Waals surface area contributed by atoms with Crippen LogP contribution in [0.25, 0.3) is 0 Å². The molecule has 0 aliphatic heterocycles. The summed E-state index contributed by atoms with van der Waals surface area (Å²) in [5.41, 5.74) is 1.79. The largest absolute Gasteiger partial charge is 0.473 e. The van der Waals surface area contributed by atoms with E-state index in [4.69, 9.17) is 4.74 Å². The number of ether oxygens (including phenoxy) is 1. The van der Waals surface area contributed by atoms with E-state index in [0.717, 1.165) is 11.1 Å². The number of nitrogens with zero attached hydrogens (tertiary/aromatic N) is 2. The molecule has 0 N–H and O–H groups in total. The Kier molecular flexibility index (Phi) is 4.60. The molecule has 0 amide bonds. The van der Waals surface area contributed by atoms with Crippen molar-refractivity contribution in [3.05, 3.63) is 69.7 Å². The first-order chi connectivity index (χ1) is 9.63. The summed E-state index contributed by atoms with van der Waals surface area (Å²) < 4.78 is 18.3. The summed E-state index contributed by atoms with van der Waals surface area (Å²) in [6.45, 7) is 0.190. The quantitative estimate of drug-likeness (QED) is 0.601. The molecule has 0 spiro atoms. The summed E-state index contributed by atoms with van der Waals surface area (Å²) in [5, 5.41) is 10.3. The molecule has 2 aromatic rings. The minimum Gasteiger partial charge on any atom is -0.473 e. The van der Waals surface area contributed by atoms with Crippen molar-refractivity contribution in [3.8, 4) is 5.88 Å². The van der Waals surface area contributed by atoms with Gasteiger partial charge in [-0.1, -0.05) is 24.3 Å². The van der Waals surface area contributed by atoms with Crippen molar-refractivity contribution < 1.29 is 14.1 Å². The Morgan fingerprint density at radius 2 is 1.90 bits per heavy atom. The van der Waals surface area contributed by atoms with Crippen LogP contribution in [0.1, 0.15) is 11.1 Å². The van der Waals surface area contributed by atoms with Crippen molar-refractivity contribution >= 4 is 0 Å². The highest BCUT2D eigenvalue weighted by molar-refractivity contribution is 5.23. The summed E-state index contributed by atoms with van der Waals surface area (Å²) in [7, 11) is 0. The fourth-order valence-corrected chi connectivity index (χ4v) is 1.64. The average Bonchev–Trinajstić information content (AvgIpc) is 2.44. The van der Waals surface area contributed by atoms with Gasteiger partial charge in [-0.2, -0.15) is 0 Å². The van der Waals surface area contributed by atoms with Gasteiger partial charge in [-0.15, -0.1) is 0 Å². The van der Waals surface area contributed by atoms with Gasteiger partial charge in [-0.05, 0) is 17.2 Å². The first-order valence-corrected chi connectivity index (χ1v) is 6.07. The van der Waals surface area contributed by atoms with E-state index in [1.54, 1.807) is 0 Å². The van der Waals surface area contributed by atoms with Crippen molar-refractivity contribution in [2.75, 3.05) is 6.54 Å². The normalized spacial score (nSPS) is 10.2. The minimum atomic E-state index is -0.398. The third kappa shape index (κ3) is 4.31. The van der Waals surface area contributed by atoms with E-state index in [1.165, 1.54) is 18.3 Å². The molecule has 0 atom stereocenters. The fraction of sp³-hybridized carbons (Fsp3) is 0.214. The van der Waals surface area contributed by atoms with Crippen LogP contribution in [0.3, 0.4) is 0 Å². The molecule has 0 aliphatic carbocycles. The zero-order valence-corrected chi connectivity index (χ0v) is 10.7. The van der Waals surface area contributed by atoms with Crippen molar-refractivity contribution in [2.45, 2.75) is 13.0 Å². The van der Waals surface area contributed by atoms with Gasteiger partial charge in [0.15, 0.2) is 0 Å². The van der Waals surface area contributed by atoms with E-state index in [9.17, 15) is 14.5 Å². The highest BCUT2D eigenvalue weighted by Crippen LogP contribution is 2.11. The van der Waals surface area contributed by atoms with Gasteiger partial charge in [0.1, 0.15) is 12.4 Å². The minimum absolute atomic E-state index is 0.0803. The van der Waals surface area contributed by atoms with Crippen LogP contribution in [0.2, 0.25) is 0 Å². The predicted octanol–water partition coefficient (Wildman–Crippen LogP) is 2.62.